The summed E-state index contributed by atoms with van der Waals surface area (Å²) in [7, 11) is 0. The van der Waals surface area contributed by atoms with Gasteiger partial charge in [0.05, 0.1) is 10.6 Å². The van der Waals surface area contributed by atoms with E-state index in [0.717, 1.165) is 6.42 Å². The van der Waals surface area contributed by atoms with Gasteiger partial charge in [0, 0.05) is 36.8 Å². The largest absolute Gasteiger partial charge is 0.335 e. The Morgan fingerprint density at radius 1 is 0.885 bits per heavy atom. The third-order valence-electron chi connectivity index (χ3n) is 4.62. The van der Waals surface area contributed by atoms with Gasteiger partial charge in [-0.3, -0.25) is 9.59 Å². The minimum atomic E-state index is -0.156. The summed E-state index contributed by atoms with van der Waals surface area (Å²) in [6.07, 6.45) is 0.946. The normalized spacial score (nSPS) is 14.4. The van der Waals surface area contributed by atoms with Crippen molar-refractivity contribution in [3.8, 4) is 0 Å². The molecule has 1 saturated heterocycles. The minimum absolute atomic E-state index is 0.000500. The average molecular weight is 391 g/mol. The number of hydrogen-bond acceptors (Lipinski definition) is 2. The van der Waals surface area contributed by atoms with Gasteiger partial charge in [-0.1, -0.05) is 42.3 Å². The molecule has 26 heavy (non-hydrogen) atoms. The van der Waals surface area contributed by atoms with Crippen molar-refractivity contribution < 1.29 is 9.59 Å². The highest BCUT2D eigenvalue weighted by atomic mass is 35.5. The van der Waals surface area contributed by atoms with Crippen LogP contribution in [0.1, 0.15) is 33.2 Å². The van der Waals surface area contributed by atoms with Gasteiger partial charge in [-0.2, -0.15) is 0 Å². The highest BCUT2D eigenvalue weighted by Gasteiger charge is 2.26. The first-order valence-corrected chi connectivity index (χ1v) is 9.37. The van der Waals surface area contributed by atoms with E-state index in [0.29, 0.717) is 47.4 Å². The fourth-order valence-corrected chi connectivity index (χ4v) is 3.38. The van der Waals surface area contributed by atoms with Crippen LogP contribution >= 0.6 is 23.2 Å². The Bertz CT molecular complexity index is 813. The molecule has 2 aromatic rings. The van der Waals surface area contributed by atoms with Gasteiger partial charge in [0.25, 0.3) is 11.8 Å². The molecule has 4 nitrogen and oxygen atoms in total. The van der Waals surface area contributed by atoms with E-state index in [9.17, 15) is 9.59 Å². The summed E-state index contributed by atoms with van der Waals surface area (Å²) in [4.78, 5) is 28.8. The molecule has 0 spiro atoms. The number of benzene rings is 2. The zero-order valence-corrected chi connectivity index (χ0v) is 16.1. The van der Waals surface area contributed by atoms with Gasteiger partial charge in [0.2, 0.25) is 0 Å². The molecule has 1 aliphatic rings. The number of carbonyl (C=O) groups excluding carboxylic acids is 2. The molecule has 1 fully saturated rings. The van der Waals surface area contributed by atoms with Crippen molar-refractivity contribution in [2.75, 3.05) is 26.2 Å². The monoisotopic (exact) mass is 390 g/mol. The Morgan fingerprint density at radius 2 is 1.46 bits per heavy atom. The summed E-state index contributed by atoms with van der Waals surface area (Å²) in [5.74, 6) is -0.155. The van der Waals surface area contributed by atoms with Crippen molar-refractivity contribution in [2.45, 2.75) is 13.3 Å². The Balaban J connectivity index is 1.64. The fourth-order valence-electron chi connectivity index (χ4n) is 3.01. The van der Waals surface area contributed by atoms with Crippen molar-refractivity contribution in [1.29, 1.82) is 0 Å². The molecule has 0 aliphatic carbocycles. The Morgan fingerprint density at radius 3 is 2.04 bits per heavy atom. The van der Waals surface area contributed by atoms with Gasteiger partial charge in [0.15, 0.2) is 0 Å². The minimum Gasteiger partial charge on any atom is -0.335 e. The number of halogens is 2. The van der Waals surface area contributed by atoms with Crippen LogP contribution in [-0.2, 0) is 6.42 Å². The molecule has 0 bridgehead atoms. The van der Waals surface area contributed by atoms with Crippen molar-refractivity contribution in [3.63, 3.8) is 0 Å². The SMILES string of the molecule is CCc1ccc(C(=O)N2CCN(C(=O)c3cc(Cl)ccc3Cl)CC2)cc1. The maximum Gasteiger partial charge on any atom is 0.255 e. The molecule has 0 N–H and O–H groups in total. The van der Waals surface area contributed by atoms with Crippen LogP contribution < -0.4 is 0 Å². The van der Waals surface area contributed by atoms with Gasteiger partial charge < -0.3 is 9.80 Å². The van der Waals surface area contributed by atoms with Gasteiger partial charge in [-0.15, -0.1) is 0 Å². The molecule has 6 heteroatoms. The van der Waals surface area contributed by atoms with E-state index in [4.69, 9.17) is 23.2 Å². The smallest absolute Gasteiger partial charge is 0.255 e. The lowest BCUT2D eigenvalue weighted by Gasteiger charge is -2.35. The lowest BCUT2D eigenvalue weighted by Crippen LogP contribution is -2.50. The zero-order valence-electron chi connectivity index (χ0n) is 14.5. The molecule has 2 aromatic carbocycles. The summed E-state index contributed by atoms with van der Waals surface area (Å²) in [5.41, 5.74) is 2.28. The lowest BCUT2D eigenvalue weighted by molar-refractivity contribution is 0.0535. The van der Waals surface area contributed by atoms with E-state index in [1.54, 1.807) is 28.0 Å². The number of rotatable bonds is 3. The van der Waals surface area contributed by atoms with Crippen LogP contribution in [0.25, 0.3) is 0 Å². The van der Waals surface area contributed by atoms with Crippen LogP contribution in [-0.4, -0.2) is 47.8 Å². The Labute approximate surface area is 163 Å². The maximum absolute atomic E-state index is 12.7. The molecule has 0 radical (unpaired) electrons. The Kier molecular flexibility index (Phi) is 5.84. The van der Waals surface area contributed by atoms with Gasteiger partial charge in [-0.25, -0.2) is 0 Å². The van der Waals surface area contributed by atoms with E-state index >= 15 is 0 Å². The van der Waals surface area contributed by atoms with E-state index in [2.05, 4.69) is 6.92 Å². The van der Waals surface area contributed by atoms with Crippen LogP contribution in [0.4, 0.5) is 0 Å². The number of nitrogens with zero attached hydrogens (tertiary/aromatic N) is 2. The molecular formula is C20H20Cl2N2O2. The molecule has 0 saturated carbocycles. The second-order valence-electron chi connectivity index (χ2n) is 6.26. The quantitative estimate of drug-likeness (QED) is 0.789. The van der Waals surface area contributed by atoms with E-state index in [-0.39, 0.29) is 11.8 Å². The first kappa shape index (κ1) is 18.7. The number of piperazine rings is 1. The fraction of sp³-hybridized carbons (Fsp3) is 0.300. The van der Waals surface area contributed by atoms with Crippen molar-refractivity contribution in [2.24, 2.45) is 0 Å². The van der Waals surface area contributed by atoms with Gasteiger partial charge >= 0.3 is 0 Å². The van der Waals surface area contributed by atoms with Crippen LogP contribution in [0.5, 0.6) is 0 Å². The number of aryl methyl sites for hydroxylation is 1. The molecular weight excluding hydrogens is 371 g/mol. The standard InChI is InChI=1S/C20H20Cl2N2O2/c1-2-14-3-5-15(6-4-14)19(25)23-9-11-24(12-10-23)20(26)17-13-16(21)7-8-18(17)22/h3-8,13H,2,9-12H2,1H3. The van der Waals surface area contributed by atoms with Crippen LogP contribution in [0.3, 0.4) is 0 Å². The summed E-state index contributed by atoms with van der Waals surface area (Å²) in [6, 6.07) is 12.5. The van der Waals surface area contributed by atoms with Gasteiger partial charge in [-0.05, 0) is 42.3 Å². The predicted molar refractivity (Wildman–Crippen MR) is 104 cm³/mol. The van der Waals surface area contributed by atoms with E-state index < -0.39 is 0 Å². The van der Waals surface area contributed by atoms with Crippen molar-refractivity contribution in [3.05, 3.63) is 69.2 Å². The first-order valence-electron chi connectivity index (χ1n) is 8.62. The topological polar surface area (TPSA) is 40.6 Å². The maximum atomic E-state index is 12.7. The first-order chi connectivity index (χ1) is 12.5. The number of carbonyl (C=O) groups is 2. The van der Waals surface area contributed by atoms with E-state index in [1.807, 2.05) is 24.3 Å². The Hall–Kier alpha value is -2.04. The van der Waals surface area contributed by atoms with Gasteiger partial charge in [0.1, 0.15) is 0 Å². The molecule has 3 rings (SSSR count). The van der Waals surface area contributed by atoms with Crippen LogP contribution in [0, 0.1) is 0 Å². The van der Waals surface area contributed by atoms with Crippen molar-refractivity contribution in [1.82, 2.24) is 9.80 Å². The molecule has 0 atom stereocenters. The summed E-state index contributed by atoms with van der Waals surface area (Å²) < 4.78 is 0. The predicted octanol–water partition coefficient (Wildman–Crippen LogP) is 4.15. The highest BCUT2D eigenvalue weighted by Crippen LogP contribution is 2.23. The van der Waals surface area contributed by atoms with Crippen LogP contribution in [0.15, 0.2) is 42.5 Å². The number of hydrogen-bond donors (Lipinski definition) is 0. The zero-order chi connectivity index (χ0) is 18.7. The summed E-state index contributed by atoms with van der Waals surface area (Å²) in [5, 5.41) is 0.857. The molecule has 0 unspecified atom stereocenters. The van der Waals surface area contributed by atoms with Crippen LogP contribution in [0.2, 0.25) is 10.0 Å². The molecule has 136 valence electrons. The second kappa shape index (κ2) is 8.11. The molecule has 1 heterocycles. The molecule has 2 amide bonds. The average Bonchev–Trinajstić information content (AvgIpc) is 2.69. The van der Waals surface area contributed by atoms with E-state index in [1.165, 1.54) is 5.56 Å². The number of amides is 2. The summed E-state index contributed by atoms with van der Waals surface area (Å²) >= 11 is 12.1. The summed E-state index contributed by atoms with van der Waals surface area (Å²) in [6.45, 7) is 4.02. The molecule has 0 aromatic heterocycles. The third-order valence-corrected chi connectivity index (χ3v) is 5.19. The highest BCUT2D eigenvalue weighted by molar-refractivity contribution is 6.35. The lowest BCUT2D eigenvalue weighted by atomic mass is 10.1. The third kappa shape index (κ3) is 4.02. The second-order valence-corrected chi connectivity index (χ2v) is 7.10. The molecule has 1 aliphatic heterocycles. The van der Waals surface area contributed by atoms with Crippen molar-refractivity contribution >= 4 is 35.0 Å².